The van der Waals surface area contributed by atoms with Crippen molar-refractivity contribution in [1.29, 1.82) is 0 Å². The average Bonchev–Trinajstić information content (AvgIpc) is 2.38. The second-order valence-electron chi connectivity index (χ2n) is 3.57. The maximum absolute atomic E-state index is 11.0. The van der Waals surface area contributed by atoms with E-state index in [1.807, 2.05) is 6.92 Å². The van der Waals surface area contributed by atoms with Gasteiger partial charge in [0.05, 0.1) is 0 Å². The summed E-state index contributed by atoms with van der Waals surface area (Å²) in [6, 6.07) is 0. The topological polar surface area (TPSA) is 17.1 Å². The van der Waals surface area contributed by atoms with Crippen LogP contribution in [0.5, 0.6) is 0 Å². The summed E-state index contributed by atoms with van der Waals surface area (Å²) in [7, 11) is 0. The van der Waals surface area contributed by atoms with Gasteiger partial charge in [-0.1, -0.05) is 20.8 Å². The Balaban J connectivity index is 2.42. The first-order valence-corrected chi connectivity index (χ1v) is 3.60. The molecule has 0 spiro atoms. The van der Waals surface area contributed by atoms with Gasteiger partial charge in [0.25, 0.3) is 0 Å². The Morgan fingerprint density at radius 3 is 2.22 bits per heavy atom. The van der Waals surface area contributed by atoms with E-state index in [2.05, 4.69) is 13.8 Å². The first kappa shape index (κ1) is 6.79. The Morgan fingerprint density at radius 1 is 1.67 bits per heavy atom. The summed E-state index contributed by atoms with van der Waals surface area (Å²) in [5.41, 5.74) is 0.340. The Labute approximate surface area is 56.4 Å². The molecule has 0 aromatic heterocycles. The van der Waals surface area contributed by atoms with Crippen LogP contribution in [0, 0.1) is 11.3 Å². The van der Waals surface area contributed by atoms with Crippen LogP contribution in [0.1, 0.15) is 33.6 Å². The van der Waals surface area contributed by atoms with Crippen LogP contribution in [-0.4, -0.2) is 5.78 Å². The lowest BCUT2D eigenvalue weighted by molar-refractivity contribution is -0.120. The lowest BCUT2D eigenvalue weighted by Crippen LogP contribution is -2.03. The monoisotopic (exact) mass is 126 g/mol. The minimum absolute atomic E-state index is 0.340. The fraction of sp³-hybridized carbons (Fsp3) is 0.875. The summed E-state index contributed by atoms with van der Waals surface area (Å²) in [5.74, 6) is 0.836. The number of hydrogen-bond donors (Lipinski definition) is 0. The van der Waals surface area contributed by atoms with Crippen molar-refractivity contribution in [3.8, 4) is 0 Å². The van der Waals surface area contributed by atoms with Crippen molar-refractivity contribution in [1.82, 2.24) is 0 Å². The first-order valence-electron chi connectivity index (χ1n) is 3.60. The van der Waals surface area contributed by atoms with Crippen molar-refractivity contribution >= 4 is 5.78 Å². The molecule has 0 N–H and O–H groups in total. The lowest BCUT2D eigenvalue weighted by Gasteiger charge is -1.98. The second kappa shape index (κ2) is 1.83. The van der Waals surface area contributed by atoms with E-state index in [9.17, 15) is 4.79 Å². The molecule has 1 heteroatoms. The van der Waals surface area contributed by atoms with Crippen LogP contribution in [0.2, 0.25) is 0 Å². The molecule has 1 atom stereocenters. The highest BCUT2D eigenvalue weighted by Crippen LogP contribution is 2.52. The maximum Gasteiger partial charge on any atom is 0.136 e. The van der Waals surface area contributed by atoms with Crippen LogP contribution >= 0.6 is 0 Å². The van der Waals surface area contributed by atoms with Gasteiger partial charge in [-0.15, -0.1) is 0 Å². The zero-order chi connectivity index (χ0) is 7.07. The van der Waals surface area contributed by atoms with Crippen molar-refractivity contribution in [3.05, 3.63) is 0 Å². The van der Waals surface area contributed by atoms with E-state index in [1.54, 1.807) is 0 Å². The molecule has 0 aromatic carbocycles. The third-order valence-corrected chi connectivity index (χ3v) is 2.25. The summed E-state index contributed by atoms with van der Waals surface area (Å²) in [4.78, 5) is 11.0. The number of carbonyl (C=O) groups is 1. The fourth-order valence-corrected chi connectivity index (χ4v) is 1.26. The van der Waals surface area contributed by atoms with E-state index >= 15 is 0 Å². The van der Waals surface area contributed by atoms with Gasteiger partial charge in [-0.2, -0.15) is 0 Å². The highest BCUT2D eigenvalue weighted by atomic mass is 16.1. The third kappa shape index (κ3) is 1.15. The molecule has 1 fully saturated rings. The molecule has 52 valence electrons. The molecular formula is C8H14O. The van der Waals surface area contributed by atoms with Gasteiger partial charge < -0.3 is 0 Å². The molecule has 1 saturated carbocycles. The normalized spacial score (nSPS) is 29.9. The van der Waals surface area contributed by atoms with E-state index in [0.717, 1.165) is 6.42 Å². The molecule has 9 heavy (non-hydrogen) atoms. The van der Waals surface area contributed by atoms with Gasteiger partial charge in [-0.3, -0.25) is 4.79 Å². The molecule has 0 aliphatic heterocycles. The number of ketones is 1. The quantitative estimate of drug-likeness (QED) is 0.553. The number of carbonyl (C=O) groups excluding carboxylic acids is 1. The number of hydrogen-bond acceptors (Lipinski definition) is 1. The molecule has 1 rings (SSSR count). The summed E-state index contributed by atoms with van der Waals surface area (Å²) in [5, 5.41) is 0. The van der Waals surface area contributed by atoms with Crippen LogP contribution in [0.4, 0.5) is 0 Å². The van der Waals surface area contributed by atoms with E-state index in [-0.39, 0.29) is 0 Å². The lowest BCUT2D eigenvalue weighted by atomic mass is 10.1. The molecule has 1 aliphatic rings. The summed E-state index contributed by atoms with van der Waals surface area (Å²) < 4.78 is 0. The molecule has 0 unspecified atom stereocenters. The molecule has 0 saturated heterocycles. The van der Waals surface area contributed by atoms with Gasteiger partial charge in [0.2, 0.25) is 0 Å². The summed E-state index contributed by atoms with van der Waals surface area (Å²) in [6.07, 6.45) is 1.83. The van der Waals surface area contributed by atoms with E-state index < -0.39 is 0 Å². The van der Waals surface area contributed by atoms with Crippen LogP contribution < -0.4 is 0 Å². The second-order valence-corrected chi connectivity index (χ2v) is 3.57. The minimum atomic E-state index is 0.340. The minimum Gasteiger partial charge on any atom is -0.299 e. The Bertz CT molecular complexity index is 136. The van der Waals surface area contributed by atoms with E-state index in [0.29, 0.717) is 23.5 Å². The average molecular weight is 126 g/mol. The molecule has 1 aliphatic carbocycles. The zero-order valence-electron chi connectivity index (χ0n) is 6.40. The van der Waals surface area contributed by atoms with Crippen LogP contribution in [0.15, 0.2) is 0 Å². The van der Waals surface area contributed by atoms with Gasteiger partial charge in [0.1, 0.15) is 5.78 Å². The van der Waals surface area contributed by atoms with Gasteiger partial charge in [0, 0.05) is 12.3 Å². The van der Waals surface area contributed by atoms with Crippen LogP contribution in [0.25, 0.3) is 0 Å². The predicted octanol–water partition coefficient (Wildman–Crippen LogP) is 2.01. The standard InChI is InChI=1S/C8H14O/c1-4-7(9)6-5-8(6,2)3/h6H,4-5H2,1-3H3/t6-/m0/s1. The van der Waals surface area contributed by atoms with Crippen molar-refractivity contribution in [2.45, 2.75) is 33.6 Å². The van der Waals surface area contributed by atoms with Gasteiger partial charge in [-0.05, 0) is 11.8 Å². The van der Waals surface area contributed by atoms with Crippen molar-refractivity contribution in [2.75, 3.05) is 0 Å². The highest BCUT2D eigenvalue weighted by molar-refractivity contribution is 5.84. The number of rotatable bonds is 2. The highest BCUT2D eigenvalue weighted by Gasteiger charge is 2.49. The molecule has 0 bridgehead atoms. The third-order valence-electron chi connectivity index (χ3n) is 2.25. The predicted molar refractivity (Wildman–Crippen MR) is 37.2 cm³/mol. The Morgan fingerprint density at radius 2 is 2.11 bits per heavy atom. The molecule has 1 nitrogen and oxygen atoms in total. The van der Waals surface area contributed by atoms with Gasteiger partial charge >= 0.3 is 0 Å². The van der Waals surface area contributed by atoms with Crippen molar-refractivity contribution < 1.29 is 4.79 Å². The largest absolute Gasteiger partial charge is 0.299 e. The Kier molecular flexibility index (Phi) is 1.38. The maximum atomic E-state index is 11.0. The van der Waals surface area contributed by atoms with Crippen LogP contribution in [0.3, 0.4) is 0 Å². The van der Waals surface area contributed by atoms with E-state index in [4.69, 9.17) is 0 Å². The zero-order valence-corrected chi connectivity index (χ0v) is 6.40. The number of Topliss-reactive ketones (excluding diaryl/α,β-unsaturated/α-hetero) is 1. The molecule has 0 aromatic rings. The molecular weight excluding hydrogens is 112 g/mol. The summed E-state index contributed by atoms with van der Waals surface area (Å²) >= 11 is 0. The van der Waals surface area contributed by atoms with Gasteiger partial charge in [-0.25, -0.2) is 0 Å². The van der Waals surface area contributed by atoms with Crippen molar-refractivity contribution in [2.24, 2.45) is 11.3 Å². The van der Waals surface area contributed by atoms with Gasteiger partial charge in [0.15, 0.2) is 0 Å². The molecule has 0 radical (unpaired) electrons. The fourth-order valence-electron chi connectivity index (χ4n) is 1.26. The van der Waals surface area contributed by atoms with E-state index in [1.165, 1.54) is 0 Å². The molecule has 0 heterocycles. The smallest absolute Gasteiger partial charge is 0.136 e. The van der Waals surface area contributed by atoms with Crippen LogP contribution in [-0.2, 0) is 4.79 Å². The van der Waals surface area contributed by atoms with Crippen molar-refractivity contribution in [3.63, 3.8) is 0 Å². The first-order chi connectivity index (χ1) is 4.08. The summed E-state index contributed by atoms with van der Waals surface area (Å²) in [6.45, 7) is 6.26. The molecule has 0 amide bonds. The Hall–Kier alpha value is -0.330. The SMILES string of the molecule is CCC(=O)[C@@H]1CC1(C)C.